The van der Waals surface area contributed by atoms with Crippen LogP contribution < -0.4 is 5.32 Å². The predicted octanol–water partition coefficient (Wildman–Crippen LogP) is 3.45. The first-order valence-electron chi connectivity index (χ1n) is 4.88. The van der Waals surface area contributed by atoms with E-state index in [1.165, 1.54) is 17.7 Å². The molecule has 14 heavy (non-hydrogen) atoms. The van der Waals surface area contributed by atoms with Gasteiger partial charge in [-0.1, -0.05) is 11.6 Å². The molecule has 0 saturated heterocycles. The molecule has 1 N–H and O–H groups in total. The molecule has 3 heteroatoms. The van der Waals surface area contributed by atoms with E-state index >= 15 is 0 Å². The molecule has 0 heterocycles. The first-order chi connectivity index (χ1) is 6.75. The van der Waals surface area contributed by atoms with E-state index in [9.17, 15) is 0 Å². The SMILES string of the molecule is Cc1cc(SCNC2CC2)ccc1Cl. The number of nitrogens with one attached hydrogen (secondary N) is 1. The molecule has 0 unspecified atom stereocenters. The molecule has 1 aliphatic rings. The Morgan fingerprint density at radius 3 is 2.93 bits per heavy atom. The molecule has 1 aromatic carbocycles. The van der Waals surface area contributed by atoms with E-state index in [2.05, 4.69) is 17.4 Å². The van der Waals surface area contributed by atoms with E-state index in [0.717, 1.165) is 22.5 Å². The van der Waals surface area contributed by atoms with Crippen LogP contribution >= 0.6 is 23.4 Å². The van der Waals surface area contributed by atoms with E-state index in [1.54, 1.807) is 0 Å². The third-order valence-corrected chi connectivity index (χ3v) is 3.64. The minimum Gasteiger partial charge on any atom is -0.305 e. The number of benzene rings is 1. The van der Waals surface area contributed by atoms with Crippen molar-refractivity contribution in [3.63, 3.8) is 0 Å². The normalized spacial score (nSPS) is 15.9. The molecule has 1 fully saturated rings. The lowest BCUT2D eigenvalue weighted by atomic mass is 10.2. The molecule has 1 saturated carbocycles. The molecular weight excluding hydrogens is 214 g/mol. The quantitative estimate of drug-likeness (QED) is 0.625. The summed E-state index contributed by atoms with van der Waals surface area (Å²) in [6.07, 6.45) is 2.69. The minimum absolute atomic E-state index is 0.788. The van der Waals surface area contributed by atoms with Gasteiger partial charge in [0.1, 0.15) is 0 Å². The molecule has 0 aromatic heterocycles. The van der Waals surface area contributed by atoms with Crippen LogP contribution in [0.15, 0.2) is 23.1 Å². The van der Waals surface area contributed by atoms with Crippen molar-refractivity contribution in [1.29, 1.82) is 0 Å². The van der Waals surface area contributed by atoms with Gasteiger partial charge in [0.2, 0.25) is 0 Å². The molecule has 0 aliphatic heterocycles. The molecule has 1 nitrogen and oxygen atoms in total. The fourth-order valence-electron chi connectivity index (χ4n) is 1.24. The summed E-state index contributed by atoms with van der Waals surface area (Å²) in [6.45, 7) is 2.04. The molecule has 0 spiro atoms. The summed E-state index contributed by atoms with van der Waals surface area (Å²) in [4.78, 5) is 1.29. The smallest absolute Gasteiger partial charge is 0.0467 e. The Morgan fingerprint density at radius 1 is 1.50 bits per heavy atom. The fraction of sp³-hybridized carbons (Fsp3) is 0.455. The van der Waals surface area contributed by atoms with Crippen molar-refractivity contribution in [2.75, 3.05) is 5.88 Å². The lowest BCUT2D eigenvalue weighted by Gasteiger charge is -2.04. The van der Waals surface area contributed by atoms with Gasteiger partial charge in [0.15, 0.2) is 0 Å². The van der Waals surface area contributed by atoms with E-state index in [-0.39, 0.29) is 0 Å². The van der Waals surface area contributed by atoms with Gasteiger partial charge >= 0.3 is 0 Å². The van der Waals surface area contributed by atoms with Crippen LogP contribution in [-0.4, -0.2) is 11.9 Å². The molecule has 0 amide bonds. The fourth-order valence-corrected chi connectivity index (χ4v) is 2.26. The molecule has 1 aliphatic carbocycles. The first kappa shape index (κ1) is 10.3. The van der Waals surface area contributed by atoms with Crippen LogP contribution in [0, 0.1) is 6.92 Å². The Kier molecular flexibility index (Phi) is 3.37. The summed E-state index contributed by atoms with van der Waals surface area (Å²) in [5.41, 5.74) is 1.16. The third kappa shape index (κ3) is 2.91. The third-order valence-electron chi connectivity index (χ3n) is 2.32. The van der Waals surface area contributed by atoms with Gasteiger partial charge in [-0.2, -0.15) is 0 Å². The van der Waals surface area contributed by atoms with Crippen molar-refractivity contribution in [3.05, 3.63) is 28.8 Å². The lowest BCUT2D eigenvalue weighted by Crippen LogP contribution is -2.14. The van der Waals surface area contributed by atoms with Crippen molar-refractivity contribution >= 4 is 23.4 Å². The highest BCUT2D eigenvalue weighted by Crippen LogP contribution is 2.25. The highest BCUT2D eigenvalue weighted by Gasteiger charge is 2.19. The van der Waals surface area contributed by atoms with Crippen LogP contribution in [0.2, 0.25) is 5.02 Å². The van der Waals surface area contributed by atoms with Crippen molar-refractivity contribution < 1.29 is 0 Å². The largest absolute Gasteiger partial charge is 0.305 e. The number of hydrogen-bond donors (Lipinski definition) is 1. The number of hydrogen-bond acceptors (Lipinski definition) is 2. The van der Waals surface area contributed by atoms with Crippen LogP contribution in [0.1, 0.15) is 18.4 Å². The molecule has 0 atom stereocenters. The van der Waals surface area contributed by atoms with Crippen LogP contribution in [0.5, 0.6) is 0 Å². The Labute approximate surface area is 94.2 Å². The second kappa shape index (κ2) is 4.56. The monoisotopic (exact) mass is 227 g/mol. The second-order valence-electron chi connectivity index (χ2n) is 3.68. The highest BCUT2D eigenvalue weighted by molar-refractivity contribution is 7.99. The standard InChI is InChI=1S/C11H14ClNS/c1-8-6-10(4-5-11(8)12)14-7-13-9-2-3-9/h4-6,9,13H,2-3,7H2,1H3. The maximum Gasteiger partial charge on any atom is 0.0467 e. The van der Waals surface area contributed by atoms with Crippen molar-refractivity contribution in [2.24, 2.45) is 0 Å². The van der Waals surface area contributed by atoms with E-state index in [1.807, 2.05) is 24.8 Å². The molecular formula is C11H14ClNS. The van der Waals surface area contributed by atoms with Crippen LogP contribution in [0.4, 0.5) is 0 Å². The number of halogens is 1. The van der Waals surface area contributed by atoms with Crippen LogP contribution in [0.25, 0.3) is 0 Å². The zero-order valence-corrected chi connectivity index (χ0v) is 9.79. The molecule has 0 radical (unpaired) electrons. The Balaban J connectivity index is 1.85. The zero-order chi connectivity index (χ0) is 9.97. The van der Waals surface area contributed by atoms with Gasteiger partial charge in [0.05, 0.1) is 0 Å². The summed E-state index contributed by atoms with van der Waals surface area (Å²) in [7, 11) is 0. The number of rotatable bonds is 4. The van der Waals surface area contributed by atoms with E-state index in [4.69, 9.17) is 11.6 Å². The number of thioether (sulfide) groups is 1. The van der Waals surface area contributed by atoms with Gasteiger partial charge in [-0.3, -0.25) is 0 Å². The maximum absolute atomic E-state index is 5.95. The molecule has 0 bridgehead atoms. The lowest BCUT2D eigenvalue weighted by molar-refractivity contribution is 0.789. The summed E-state index contributed by atoms with van der Waals surface area (Å²) < 4.78 is 0. The Hall–Kier alpha value is -0.180. The summed E-state index contributed by atoms with van der Waals surface area (Å²) in [5, 5.41) is 4.32. The topological polar surface area (TPSA) is 12.0 Å². The maximum atomic E-state index is 5.95. The second-order valence-corrected chi connectivity index (χ2v) is 5.13. The Morgan fingerprint density at radius 2 is 2.29 bits per heavy atom. The number of aryl methyl sites for hydroxylation is 1. The van der Waals surface area contributed by atoms with E-state index in [0.29, 0.717) is 0 Å². The summed E-state index contributed by atoms with van der Waals surface area (Å²) in [5.74, 6) is 1.01. The highest BCUT2D eigenvalue weighted by atomic mass is 35.5. The van der Waals surface area contributed by atoms with Gasteiger partial charge in [-0.05, 0) is 43.5 Å². The zero-order valence-electron chi connectivity index (χ0n) is 8.22. The van der Waals surface area contributed by atoms with Crippen LogP contribution in [0.3, 0.4) is 0 Å². The summed E-state index contributed by atoms with van der Waals surface area (Å²) >= 11 is 7.79. The van der Waals surface area contributed by atoms with Gasteiger partial charge in [0, 0.05) is 21.8 Å². The minimum atomic E-state index is 0.788. The molecule has 76 valence electrons. The van der Waals surface area contributed by atoms with Crippen LogP contribution in [-0.2, 0) is 0 Å². The van der Waals surface area contributed by atoms with Gasteiger partial charge in [-0.25, -0.2) is 0 Å². The van der Waals surface area contributed by atoms with Gasteiger partial charge < -0.3 is 5.32 Å². The predicted molar refractivity (Wildman–Crippen MR) is 63.1 cm³/mol. The molecule has 2 rings (SSSR count). The van der Waals surface area contributed by atoms with Crippen molar-refractivity contribution in [3.8, 4) is 0 Å². The van der Waals surface area contributed by atoms with Gasteiger partial charge in [-0.15, -0.1) is 11.8 Å². The summed E-state index contributed by atoms with van der Waals surface area (Å²) in [6, 6.07) is 6.97. The Bertz CT molecular complexity index is 323. The average Bonchev–Trinajstić information content (AvgIpc) is 2.95. The molecule has 1 aromatic rings. The first-order valence-corrected chi connectivity index (χ1v) is 6.24. The van der Waals surface area contributed by atoms with E-state index < -0.39 is 0 Å². The van der Waals surface area contributed by atoms with Crippen molar-refractivity contribution in [2.45, 2.75) is 30.7 Å². The van der Waals surface area contributed by atoms with Crippen molar-refractivity contribution in [1.82, 2.24) is 5.32 Å². The van der Waals surface area contributed by atoms with Gasteiger partial charge in [0.25, 0.3) is 0 Å². The average molecular weight is 228 g/mol.